The summed E-state index contributed by atoms with van der Waals surface area (Å²) in [4.78, 5) is 0.427. The lowest BCUT2D eigenvalue weighted by atomic mass is 10.1. The van der Waals surface area contributed by atoms with Crippen molar-refractivity contribution in [2.75, 3.05) is 5.75 Å². The molecule has 102 valence electrons. The molecule has 0 spiro atoms. The lowest BCUT2D eigenvalue weighted by Crippen LogP contribution is -2.19. The SMILES string of the molecule is CCC(N)CCCS(=O)(=O)c1ccc(C)c(C)c1. The molecule has 1 rings (SSSR count). The van der Waals surface area contributed by atoms with Crippen LogP contribution in [0.1, 0.15) is 37.3 Å². The zero-order valence-corrected chi connectivity index (χ0v) is 12.3. The van der Waals surface area contributed by atoms with Gasteiger partial charge in [-0.15, -0.1) is 0 Å². The molecule has 0 saturated carbocycles. The molecule has 0 aliphatic heterocycles. The Labute approximate surface area is 110 Å². The first kappa shape index (κ1) is 15.2. The van der Waals surface area contributed by atoms with Gasteiger partial charge in [-0.25, -0.2) is 8.42 Å². The average Bonchev–Trinajstić information content (AvgIpc) is 2.32. The molecule has 0 saturated heterocycles. The van der Waals surface area contributed by atoms with Crippen LogP contribution < -0.4 is 5.73 Å². The Balaban J connectivity index is 2.71. The second-order valence-electron chi connectivity index (χ2n) is 4.88. The van der Waals surface area contributed by atoms with Gasteiger partial charge >= 0.3 is 0 Å². The quantitative estimate of drug-likeness (QED) is 0.863. The van der Waals surface area contributed by atoms with Gasteiger partial charge in [-0.1, -0.05) is 13.0 Å². The molecule has 0 aromatic heterocycles. The summed E-state index contributed by atoms with van der Waals surface area (Å²) in [6.07, 6.45) is 2.29. The fraction of sp³-hybridized carbons (Fsp3) is 0.571. The highest BCUT2D eigenvalue weighted by atomic mass is 32.2. The number of sulfone groups is 1. The summed E-state index contributed by atoms with van der Waals surface area (Å²) < 4.78 is 24.2. The zero-order valence-electron chi connectivity index (χ0n) is 11.4. The fourth-order valence-corrected chi connectivity index (χ4v) is 3.18. The van der Waals surface area contributed by atoms with Crippen LogP contribution in [-0.2, 0) is 9.84 Å². The lowest BCUT2D eigenvalue weighted by molar-refractivity contribution is 0.567. The molecule has 0 fully saturated rings. The molecular formula is C14H23NO2S. The van der Waals surface area contributed by atoms with Crippen molar-refractivity contribution in [3.8, 4) is 0 Å². The van der Waals surface area contributed by atoms with E-state index in [1.807, 2.05) is 26.8 Å². The van der Waals surface area contributed by atoms with Gasteiger partial charge in [-0.2, -0.15) is 0 Å². The maximum absolute atomic E-state index is 12.1. The number of hydrogen-bond acceptors (Lipinski definition) is 3. The third-order valence-electron chi connectivity index (χ3n) is 3.35. The van der Waals surface area contributed by atoms with Gasteiger partial charge in [0.15, 0.2) is 9.84 Å². The molecular weight excluding hydrogens is 246 g/mol. The van der Waals surface area contributed by atoms with Gasteiger partial charge in [-0.05, 0) is 56.4 Å². The third-order valence-corrected chi connectivity index (χ3v) is 5.15. The summed E-state index contributed by atoms with van der Waals surface area (Å²) in [6, 6.07) is 5.42. The van der Waals surface area contributed by atoms with Crippen LogP contribution >= 0.6 is 0 Å². The fourth-order valence-electron chi connectivity index (χ4n) is 1.76. The standard InChI is InChI=1S/C14H23NO2S/c1-4-13(15)6-5-9-18(16,17)14-8-7-11(2)12(3)10-14/h7-8,10,13H,4-6,9,15H2,1-3H3. The van der Waals surface area contributed by atoms with E-state index in [1.165, 1.54) is 0 Å². The number of benzene rings is 1. The number of nitrogens with two attached hydrogens (primary N) is 1. The highest BCUT2D eigenvalue weighted by Gasteiger charge is 2.15. The van der Waals surface area contributed by atoms with E-state index in [2.05, 4.69) is 0 Å². The highest BCUT2D eigenvalue weighted by molar-refractivity contribution is 7.91. The van der Waals surface area contributed by atoms with Crippen molar-refractivity contribution in [1.29, 1.82) is 0 Å². The Hall–Kier alpha value is -0.870. The third kappa shape index (κ3) is 4.10. The first-order chi connectivity index (χ1) is 8.36. The molecule has 1 aromatic rings. The minimum Gasteiger partial charge on any atom is -0.328 e. The highest BCUT2D eigenvalue weighted by Crippen LogP contribution is 2.17. The molecule has 0 bridgehead atoms. The minimum absolute atomic E-state index is 0.111. The maximum Gasteiger partial charge on any atom is 0.178 e. The first-order valence-electron chi connectivity index (χ1n) is 6.42. The summed E-state index contributed by atoms with van der Waals surface area (Å²) in [5.74, 6) is 0.184. The van der Waals surface area contributed by atoms with E-state index < -0.39 is 9.84 Å². The van der Waals surface area contributed by atoms with E-state index >= 15 is 0 Å². The molecule has 0 amide bonds. The number of rotatable bonds is 6. The lowest BCUT2D eigenvalue weighted by Gasteiger charge is -2.09. The van der Waals surface area contributed by atoms with Crippen LogP contribution in [0, 0.1) is 13.8 Å². The Morgan fingerprint density at radius 1 is 1.22 bits per heavy atom. The van der Waals surface area contributed by atoms with Crippen molar-refractivity contribution in [1.82, 2.24) is 0 Å². The van der Waals surface area contributed by atoms with E-state index in [0.29, 0.717) is 11.3 Å². The van der Waals surface area contributed by atoms with Crippen LogP contribution in [0.2, 0.25) is 0 Å². The number of hydrogen-bond donors (Lipinski definition) is 1. The van der Waals surface area contributed by atoms with Crippen LogP contribution in [0.5, 0.6) is 0 Å². The van der Waals surface area contributed by atoms with Crippen molar-refractivity contribution in [2.45, 2.75) is 51.0 Å². The Morgan fingerprint density at radius 3 is 2.44 bits per heavy atom. The Bertz CT molecular complexity index is 495. The van der Waals surface area contributed by atoms with Gasteiger partial charge in [0.25, 0.3) is 0 Å². The Morgan fingerprint density at radius 2 is 1.89 bits per heavy atom. The van der Waals surface area contributed by atoms with Gasteiger partial charge < -0.3 is 5.73 Å². The van der Waals surface area contributed by atoms with Crippen LogP contribution in [0.3, 0.4) is 0 Å². The molecule has 0 radical (unpaired) electrons. The van der Waals surface area contributed by atoms with Crippen LogP contribution in [0.15, 0.2) is 23.1 Å². The van der Waals surface area contributed by atoms with Gasteiger partial charge in [0, 0.05) is 6.04 Å². The molecule has 0 heterocycles. The van der Waals surface area contributed by atoms with Crippen molar-refractivity contribution in [3.63, 3.8) is 0 Å². The molecule has 2 N–H and O–H groups in total. The monoisotopic (exact) mass is 269 g/mol. The molecule has 18 heavy (non-hydrogen) atoms. The summed E-state index contributed by atoms with van der Waals surface area (Å²) in [5, 5.41) is 0. The van der Waals surface area contributed by atoms with Crippen LogP contribution in [0.25, 0.3) is 0 Å². The van der Waals surface area contributed by atoms with Crippen LogP contribution in [-0.4, -0.2) is 20.2 Å². The second kappa shape index (κ2) is 6.34. The number of aryl methyl sites for hydroxylation is 2. The van der Waals surface area contributed by atoms with Crippen LogP contribution in [0.4, 0.5) is 0 Å². The van der Waals surface area contributed by atoms with Gasteiger partial charge in [-0.3, -0.25) is 0 Å². The summed E-state index contributed by atoms with van der Waals surface area (Å²) in [6.45, 7) is 5.93. The zero-order chi connectivity index (χ0) is 13.8. The first-order valence-corrected chi connectivity index (χ1v) is 8.07. The summed E-state index contributed by atoms with van der Waals surface area (Å²) in [5.41, 5.74) is 7.92. The van der Waals surface area contributed by atoms with Crippen molar-refractivity contribution >= 4 is 9.84 Å². The largest absolute Gasteiger partial charge is 0.328 e. The van der Waals surface area contributed by atoms with Crippen molar-refractivity contribution in [2.24, 2.45) is 5.73 Å². The summed E-state index contributed by atoms with van der Waals surface area (Å²) in [7, 11) is -3.16. The topological polar surface area (TPSA) is 60.2 Å². The van der Waals surface area contributed by atoms with Crippen molar-refractivity contribution in [3.05, 3.63) is 29.3 Å². The molecule has 4 heteroatoms. The minimum atomic E-state index is -3.16. The Kier molecular flexibility index (Phi) is 5.35. The molecule has 1 unspecified atom stereocenters. The van der Waals surface area contributed by atoms with E-state index in [1.54, 1.807) is 12.1 Å². The van der Waals surface area contributed by atoms with E-state index in [9.17, 15) is 8.42 Å². The van der Waals surface area contributed by atoms with E-state index in [0.717, 1.165) is 24.0 Å². The van der Waals surface area contributed by atoms with E-state index in [4.69, 9.17) is 5.73 Å². The molecule has 1 aromatic carbocycles. The predicted octanol–water partition coefficient (Wildman–Crippen LogP) is 2.59. The predicted molar refractivity (Wildman–Crippen MR) is 75.5 cm³/mol. The van der Waals surface area contributed by atoms with E-state index in [-0.39, 0.29) is 11.8 Å². The van der Waals surface area contributed by atoms with Gasteiger partial charge in [0.2, 0.25) is 0 Å². The molecule has 1 atom stereocenters. The second-order valence-corrected chi connectivity index (χ2v) is 6.98. The molecule has 0 aliphatic rings. The molecule has 3 nitrogen and oxygen atoms in total. The smallest absolute Gasteiger partial charge is 0.178 e. The normalized spacial score (nSPS) is 13.6. The van der Waals surface area contributed by atoms with Crippen molar-refractivity contribution < 1.29 is 8.42 Å². The van der Waals surface area contributed by atoms with Gasteiger partial charge in [0.05, 0.1) is 10.6 Å². The molecule has 0 aliphatic carbocycles. The maximum atomic E-state index is 12.1. The average molecular weight is 269 g/mol. The van der Waals surface area contributed by atoms with Gasteiger partial charge in [0.1, 0.15) is 0 Å². The summed E-state index contributed by atoms with van der Waals surface area (Å²) >= 11 is 0.